The maximum atomic E-state index is 2.53. The molecule has 0 amide bonds. The molecule has 0 spiro atoms. The summed E-state index contributed by atoms with van der Waals surface area (Å²) in [5, 5.41) is 0. The molecule has 0 aromatic rings. The average molecular weight is 269 g/mol. The highest BCUT2D eigenvalue weighted by molar-refractivity contribution is 5.29. The van der Waals surface area contributed by atoms with Gasteiger partial charge in [0, 0.05) is 0 Å². The Kier molecular flexibility index (Phi) is 11.7. The Bertz CT molecular complexity index is 284. The minimum Gasteiger partial charge on any atom is -0.0842 e. The van der Waals surface area contributed by atoms with Crippen molar-refractivity contribution in [1.29, 1.82) is 0 Å². The third kappa shape index (κ3) is 3.97. The molecule has 0 heterocycles. The highest BCUT2D eigenvalue weighted by Gasteiger charge is 2.52. The second kappa shape index (κ2) is 9.39. The monoisotopic (exact) mass is 268 g/mol. The Morgan fingerprint density at radius 2 is 1.58 bits per heavy atom. The first-order valence-corrected chi connectivity index (χ1v) is 7.06. The van der Waals surface area contributed by atoms with Gasteiger partial charge in [0.25, 0.3) is 0 Å². The van der Waals surface area contributed by atoms with Crippen molar-refractivity contribution in [1.82, 2.24) is 0 Å². The Labute approximate surface area is 124 Å². The van der Waals surface area contributed by atoms with E-state index < -0.39 is 0 Å². The molecule has 0 nitrogen and oxygen atoms in total. The molecule has 19 heavy (non-hydrogen) atoms. The Balaban J connectivity index is -0.000000339. The summed E-state index contributed by atoms with van der Waals surface area (Å²) in [6, 6.07) is 0. The molecular formula is C19H40. The first-order valence-electron chi connectivity index (χ1n) is 7.06. The largest absolute Gasteiger partial charge is 0.0842 e. The van der Waals surface area contributed by atoms with Crippen molar-refractivity contribution in [2.24, 2.45) is 23.2 Å². The van der Waals surface area contributed by atoms with E-state index in [9.17, 15) is 0 Å². The first-order chi connectivity index (χ1) is 7.69. The fourth-order valence-electron chi connectivity index (χ4n) is 3.62. The summed E-state index contributed by atoms with van der Waals surface area (Å²) in [6.07, 6.45) is 10.2. The minimum atomic E-state index is 0. The van der Waals surface area contributed by atoms with Crippen LogP contribution in [-0.2, 0) is 0 Å². The minimum absolute atomic E-state index is 0. The summed E-state index contributed by atoms with van der Waals surface area (Å²) in [4.78, 5) is 0. The average Bonchev–Trinajstić information content (AvgIpc) is 2.94. The number of allylic oxidation sites excluding steroid dienone is 4. The predicted octanol–water partition coefficient (Wildman–Crippen LogP) is 7.13. The number of hydrogen-bond acceptors (Lipinski definition) is 0. The third-order valence-corrected chi connectivity index (χ3v) is 4.22. The summed E-state index contributed by atoms with van der Waals surface area (Å²) in [5.41, 5.74) is 2.19. The predicted molar refractivity (Wildman–Crippen MR) is 93.6 cm³/mol. The van der Waals surface area contributed by atoms with Gasteiger partial charge in [-0.15, -0.1) is 0 Å². The number of fused-ring (bicyclic) bond motifs is 5. The quantitative estimate of drug-likeness (QED) is 0.410. The fourth-order valence-corrected chi connectivity index (χ4v) is 3.62. The van der Waals surface area contributed by atoms with Crippen LogP contribution < -0.4 is 0 Å². The highest BCUT2D eigenvalue weighted by atomic mass is 14.6. The van der Waals surface area contributed by atoms with Crippen LogP contribution in [0.4, 0.5) is 0 Å². The van der Waals surface area contributed by atoms with E-state index in [4.69, 9.17) is 0 Å². The summed E-state index contributed by atoms with van der Waals surface area (Å²) in [7, 11) is 0. The maximum Gasteiger partial charge on any atom is -0.0103 e. The molecule has 0 saturated heterocycles. The molecule has 1 saturated carbocycles. The zero-order valence-corrected chi connectivity index (χ0v) is 11.9. The Hall–Kier alpha value is -0.520. The van der Waals surface area contributed by atoms with Crippen molar-refractivity contribution in [2.75, 3.05) is 0 Å². The van der Waals surface area contributed by atoms with Gasteiger partial charge in [0.15, 0.2) is 0 Å². The second-order valence-electron chi connectivity index (χ2n) is 5.13. The molecule has 0 heteroatoms. The normalized spacial score (nSPS) is 35.1. The van der Waals surface area contributed by atoms with Crippen molar-refractivity contribution in [3.8, 4) is 0 Å². The van der Waals surface area contributed by atoms with E-state index in [1.165, 1.54) is 12.8 Å². The van der Waals surface area contributed by atoms with E-state index in [0.717, 1.165) is 17.8 Å². The molecule has 116 valence electrons. The van der Waals surface area contributed by atoms with Gasteiger partial charge in [0.05, 0.1) is 0 Å². The van der Waals surface area contributed by atoms with Crippen LogP contribution in [-0.4, -0.2) is 0 Å². The molecule has 3 aliphatic rings. The highest BCUT2D eigenvalue weighted by Crippen LogP contribution is 2.61. The maximum absolute atomic E-state index is 2.53. The molecule has 0 N–H and O–H groups in total. The van der Waals surface area contributed by atoms with Crippen LogP contribution in [0.1, 0.15) is 76.7 Å². The van der Waals surface area contributed by atoms with Gasteiger partial charge in [-0.05, 0) is 42.9 Å². The van der Waals surface area contributed by atoms with Gasteiger partial charge in [0.1, 0.15) is 0 Å². The van der Waals surface area contributed by atoms with E-state index in [2.05, 4.69) is 32.1 Å². The van der Waals surface area contributed by atoms with E-state index in [1.54, 1.807) is 5.57 Å². The lowest BCUT2D eigenvalue weighted by Gasteiger charge is -2.28. The molecule has 4 unspecified atom stereocenters. The standard InChI is InChI=1S/C12H16.2C2H6.3CH4/c1-8-5-10-9-3-4-12(2,7-9)11(10)6-8;2*1-2;;;/h3-5,9-11H,6-7H2,1-2H3;2*1-2H3;3*1H4. The van der Waals surface area contributed by atoms with Crippen LogP contribution in [0.5, 0.6) is 0 Å². The molecule has 0 radical (unpaired) electrons. The Morgan fingerprint density at radius 3 is 2.05 bits per heavy atom. The molecule has 3 rings (SSSR count). The zero-order valence-electron chi connectivity index (χ0n) is 11.9. The first kappa shape index (κ1) is 23.6. The SMILES string of the molecule is C.C.C.CC.CC.CC1=CC2C3C=CC(C)(C3)C2C1. The van der Waals surface area contributed by atoms with E-state index >= 15 is 0 Å². The van der Waals surface area contributed by atoms with Crippen molar-refractivity contribution >= 4 is 0 Å². The second-order valence-corrected chi connectivity index (χ2v) is 5.13. The van der Waals surface area contributed by atoms with Crippen LogP contribution in [0.3, 0.4) is 0 Å². The van der Waals surface area contributed by atoms with Gasteiger partial charge in [-0.1, -0.05) is 80.7 Å². The lowest BCUT2D eigenvalue weighted by atomic mass is 9.76. The van der Waals surface area contributed by atoms with Crippen LogP contribution in [0.15, 0.2) is 23.8 Å². The van der Waals surface area contributed by atoms with E-state index in [1.807, 2.05) is 27.7 Å². The van der Waals surface area contributed by atoms with Crippen molar-refractivity contribution in [2.45, 2.75) is 76.7 Å². The topological polar surface area (TPSA) is 0 Å². The molecular weight excluding hydrogens is 228 g/mol. The molecule has 1 fully saturated rings. The van der Waals surface area contributed by atoms with Gasteiger partial charge >= 0.3 is 0 Å². The number of hydrogen-bond donors (Lipinski definition) is 0. The van der Waals surface area contributed by atoms with Crippen LogP contribution in [0, 0.1) is 23.2 Å². The van der Waals surface area contributed by atoms with Crippen molar-refractivity contribution < 1.29 is 0 Å². The van der Waals surface area contributed by atoms with E-state index in [-0.39, 0.29) is 22.3 Å². The summed E-state index contributed by atoms with van der Waals surface area (Å²) in [5.74, 6) is 2.74. The lowest BCUT2D eigenvalue weighted by Crippen LogP contribution is -2.21. The molecule has 4 atom stereocenters. The lowest BCUT2D eigenvalue weighted by molar-refractivity contribution is 0.285. The summed E-state index contributed by atoms with van der Waals surface area (Å²) >= 11 is 0. The summed E-state index contributed by atoms with van der Waals surface area (Å²) < 4.78 is 0. The zero-order chi connectivity index (χ0) is 12.3. The fraction of sp³-hybridized carbons (Fsp3) is 0.789. The van der Waals surface area contributed by atoms with Gasteiger partial charge in [-0.2, -0.15) is 0 Å². The van der Waals surface area contributed by atoms with Crippen LogP contribution >= 0.6 is 0 Å². The van der Waals surface area contributed by atoms with E-state index in [0.29, 0.717) is 5.41 Å². The Morgan fingerprint density at radius 1 is 1.05 bits per heavy atom. The van der Waals surface area contributed by atoms with Crippen LogP contribution in [0.25, 0.3) is 0 Å². The van der Waals surface area contributed by atoms with Gasteiger partial charge in [-0.3, -0.25) is 0 Å². The smallest absolute Gasteiger partial charge is 0.0103 e. The van der Waals surface area contributed by atoms with Gasteiger partial charge in [-0.25, -0.2) is 0 Å². The molecule has 2 bridgehead atoms. The molecule has 3 aliphatic carbocycles. The summed E-state index contributed by atoms with van der Waals surface area (Å²) in [6.45, 7) is 12.7. The molecule has 0 aliphatic heterocycles. The molecule has 0 aromatic carbocycles. The van der Waals surface area contributed by atoms with Crippen molar-refractivity contribution in [3.63, 3.8) is 0 Å². The van der Waals surface area contributed by atoms with Crippen molar-refractivity contribution in [3.05, 3.63) is 23.8 Å². The third-order valence-electron chi connectivity index (χ3n) is 4.22. The molecule has 0 aromatic heterocycles. The number of rotatable bonds is 0. The van der Waals surface area contributed by atoms with Crippen LogP contribution in [0.2, 0.25) is 0 Å². The van der Waals surface area contributed by atoms with Gasteiger partial charge < -0.3 is 0 Å². The van der Waals surface area contributed by atoms with Gasteiger partial charge in [0.2, 0.25) is 0 Å².